The van der Waals surface area contributed by atoms with Crippen LogP contribution in [0.1, 0.15) is 24.0 Å². The lowest BCUT2D eigenvalue weighted by atomic mass is 9.97. The molecule has 1 N–H and O–H groups in total. The van der Waals surface area contributed by atoms with E-state index < -0.39 is 10.0 Å². The molecule has 3 rings (SSSR count). The molecule has 156 valence electrons. The maximum absolute atomic E-state index is 12.8. The molecule has 1 fully saturated rings. The molecule has 29 heavy (non-hydrogen) atoms. The zero-order valence-electron chi connectivity index (χ0n) is 15.8. The molecule has 1 heterocycles. The Bertz CT molecular complexity index is 1000. The van der Waals surface area contributed by atoms with Gasteiger partial charge >= 0.3 is 0 Å². The zero-order chi connectivity index (χ0) is 21.2. The van der Waals surface area contributed by atoms with Crippen LogP contribution in [0.15, 0.2) is 40.9 Å². The highest BCUT2D eigenvalue weighted by atomic mass is 79.9. The predicted octanol–water partition coefficient (Wildman–Crippen LogP) is 5.24. The second-order valence-corrected chi connectivity index (χ2v) is 10.7. The van der Waals surface area contributed by atoms with Crippen molar-refractivity contribution < 1.29 is 13.2 Å². The number of hydrogen-bond acceptors (Lipinski definition) is 3. The highest BCUT2D eigenvalue weighted by Gasteiger charge is 2.32. The Morgan fingerprint density at radius 3 is 2.38 bits per heavy atom. The summed E-state index contributed by atoms with van der Waals surface area (Å²) in [7, 11) is -3.57. The molecule has 0 spiro atoms. The number of carbonyl (C=O) groups is 1. The van der Waals surface area contributed by atoms with Gasteiger partial charge < -0.3 is 5.32 Å². The molecule has 0 aliphatic carbocycles. The molecule has 2 aromatic carbocycles. The molecule has 0 unspecified atom stereocenters. The van der Waals surface area contributed by atoms with Crippen LogP contribution in [0.2, 0.25) is 10.0 Å². The summed E-state index contributed by atoms with van der Waals surface area (Å²) in [5.41, 5.74) is 2.17. The standard InChI is InChI=1S/C20H21BrCl2N2O3S/c1-13-11-15(5-6-17(13)21)24-20(26)14-7-9-25(10-8-14)29(27,28)12-16-18(22)3-2-4-19(16)23/h2-6,11,14H,7-10,12H2,1H3,(H,24,26). The van der Waals surface area contributed by atoms with Gasteiger partial charge in [-0.1, -0.05) is 45.2 Å². The predicted molar refractivity (Wildman–Crippen MR) is 121 cm³/mol. The normalized spacial score (nSPS) is 16.0. The fourth-order valence-corrected chi connectivity index (χ4v) is 5.87. The number of nitrogens with zero attached hydrogens (tertiary/aromatic N) is 1. The molecule has 1 saturated heterocycles. The maximum atomic E-state index is 12.8. The SMILES string of the molecule is Cc1cc(NC(=O)C2CCN(S(=O)(=O)Cc3c(Cl)cccc3Cl)CC2)ccc1Br. The molecule has 0 atom stereocenters. The van der Waals surface area contributed by atoms with Gasteiger partial charge in [-0.3, -0.25) is 4.79 Å². The quantitative estimate of drug-likeness (QED) is 0.587. The monoisotopic (exact) mass is 518 g/mol. The van der Waals surface area contributed by atoms with Crippen LogP contribution in [0.25, 0.3) is 0 Å². The van der Waals surface area contributed by atoms with E-state index in [0.717, 1.165) is 15.7 Å². The van der Waals surface area contributed by atoms with Crippen LogP contribution in [0.5, 0.6) is 0 Å². The van der Waals surface area contributed by atoms with E-state index in [-0.39, 0.29) is 17.6 Å². The van der Waals surface area contributed by atoms with Crippen LogP contribution in [0, 0.1) is 12.8 Å². The summed E-state index contributed by atoms with van der Waals surface area (Å²) in [5.74, 6) is -0.562. The van der Waals surface area contributed by atoms with Crippen LogP contribution >= 0.6 is 39.1 Å². The number of amides is 1. The highest BCUT2D eigenvalue weighted by molar-refractivity contribution is 9.10. The molecular formula is C20H21BrCl2N2O3S. The summed E-state index contributed by atoms with van der Waals surface area (Å²) in [6.07, 6.45) is 0.938. The van der Waals surface area contributed by atoms with Crippen molar-refractivity contribution in [1.29, 1.82) is 0 Å². The van der Waals surface area contributed by atoms with Gasteiger partial charge in [0.2, 0.25) is 15.9 Å². The van der Waals surface area contributed by atoms with Crippen LogP contribution in [0.3, 0.4) is 0 Å². The number of nitrogens with one attached hydrogen (secondary N) is 1. The second kappa shape index (κ2) is 9.35. The Balaban J connectivity index is 1.60. The average Bonchev–Trinajstić information content (AvgIpc) is 2.68. The largest absolute Gasteiger partial charge is 0.326 e. The summed E-state index contributed by atoms with van der Waals surface area (Å²) in [4.78, 5) is 12.6. The lowest BCUT2D eigenvalue weighted by Gasteiger charge is -2.30. The molecular weight excluding hydrogens is 499 g/mol. The number of halogens is 3. The fourth-order valence-electron chi connectivity index (χ4n) is 3.31. The van der Waals surface area contributed by atoms with E-state index in [1.807, 2.05) is 25.1 Å². The first-order chi connectivity index (χ1) is 13.7. The van der Waals surface area contributed by atoms with Crippen molar-refractivity contribution in [2.45, 2.75) is 25.5 Å². The first-order valence-electron chi connectivity index (χ1n) is 9.15. The third-order valence-corrected chi connectivity index (χ3v) is 8.44. The van der Waals surface area contributed by atoms with Crippen molar-refractivity contribution in [1.82, 2.24) is 4.31 Å². The van der Waals surface area contributed by atoms with Gasteiger partial charge in [0.05, 0.1) is 5.75 Å². The number of sulfonamides is 1. The van der Waals surface area contributed by atoms with Crippen molar-refractivity contribution >= 4 is 60.7 Å². The molecule has 1 amide bonds. The van der Waals surface area contributed by atoms with Crippen molar-refractivity contribution in [3.05, 3.63) is 62.0 Å². The Labute approximate surface area is 189 Å². The van der Waals surface area contributed by atoms with E-state index in [2.05, 4.69) is 21.2 Å². The topological polar surface area (TPSA) is 66.5 Å². The summed E-state index contributed by atoms with van der Waals surface area (Å²) in [5, 5.41) is 3.59. The third kappa shape index (κ3) is 5.52. The number of rotatable bonds is 5. The van der Waals surface area contributed by atoms with E-state index in [1.165, 1.54) is 4.31 Å². The lowest BCUT2D eigenvalue weighted by molar-refractivity contribution is -0.120. The van der Waals surface area contributed by atoms with Gasteiger partial charge in [-0.05, 0) is 55.7 Å². The van der Waals surface area contributed by atoms with Crippen molar-refractivity contribution in [3.63, 3.8) is 0 Å². The number of benzene rings is 2. The number of aryl methyl sites for hydroxylation is 1. The van der Waals surface area contributed by atoms with Gasteiger partial charge in [0, 0.05) is 44.8 Å². The van der Waals surface area contributed by atoms with E-state index in [4.69, 9.17) is 23.2 Å². The molecule has 0 bridgehead atoms. The number of anilines is 1. The minimum atomic E-state index is -3.57. The van der Waals surface area contributed by atoms with Crippen molar-refractivity contribution in [3.8, 4) is 0 Å². The molecule has 5 nitrogen and oxygen atoms in total. The summed E-state index contributed by atoms with van der Waals surface area (Å²) < 4.78 is 28.0. The second-order valence-electron chi connectivity index (χ2n) is 7.08. The fraction of sp³-hybridized carbons (Fsp3) is 0.350. The van der Waals surface area contributed by atoms with Gasteiger partial charge in [0.15, 0.2) is 0 Å². The highest BCUT2D eigenvalue weighted by Crippen LogP contribution is 2.29. The first kappa shape index (κ1) is 22.6. The van der Waals surface area contributed by atoms with Crippen LogP contribution < -0.4 is 5.32 Å². The summed E-state index contributed by atoms with van der Waals surface area (Å²) in [6, 6.07) is 10.5. The van der Waals surface area contributed by atoms with Gasteiger partial charge in [0.25, 0.3) is 0 Å². The Kier molecular flexibility index (Phi) is 7.27. The maximum Gasteiger partial charge on any atom is 0.227 e. The number of carbonyl (C=O) groups excluding carboxylic acids is 1. The minimum absolute atomic E-state index is 0.0853. The first-order valence-corrected chi connectivity index (χ1v) is 12.3. The third-order valence-electron chi connectivity index (χ3n) is 5.03. The Morgan fingerprint density at radius 1 is 1.17 bits per heavy atom. The lowest BCUT2D eigenvalue weighted by Crippen LogP contribution is -2.42. The number of piperidine rings is 1. The summed E-state index contributed by atoms with van der Waals surface area (Å²) >= 11 is 15.7. The van der Waals surface area contributed by atoms with Gasteiger partial charge in [-0.15, -0.1) is 0 Å². The van der Waals surface area contributed by atoms with E-state index >= 15 is 0 Å². The molecule has 2 aromatic rings. The van der Waals surface area contributed by atoms with Gasteiger partial charge in [-0.2, -0.15) is 0 Å². The van der Waals surface area contributed by atoms with E-state index in [1.54, 1.807) is 18.2 Å². The Hall–Kier alpha value is -1.12. The van der Waals surface area contributed by atoms with Crippen LogP contribution in [-0.4, -0.2) is 31.7 Å². The molecule has 1 aliphatic rings. The van der Waals surface area contributed by atoms with Gasteiger partial charge in [-0.25, -0.2) is 12.7 Å². The smallest absolute Gasteiger partial charge is 0.227 e. The molecule has 0 saturated carbocycles. The number of hydrogen-bond donors (Lipinski definition) is 1. The van der Waals surface area contributed by atoms with Crippen molar-refractivity contribution in [2.75, 3.05) is 18.4 Å². The zero-order valence-corrected chi connectivity index (χ0v) is 19.7. The summed E-state index contributed by atoms with van der Waals surface area (Å²) in [6.45, 7) is 2.54. The molecule has 0 radical (unpaired) electrons. The average molecular weight is 520 g/mol. The van der Waals surface area contributed by atoms with Crippen LogP contribution in [-0.2, 0) is 20.6 Å². The van der Waals surface area contributed by atoms with E-state index in [9.17, 15) is 13.2 Å². The van der Waals surface area contributed by atoms with Gasteiger partial charge in [0.1, 0.15) is 0 Å². The molecule has 9 heteroatoms. The minimum Gasteiger partial charge on any atom is -0.326 e. The molecule has 1 aliphatic heterocycles. The van der Waals surface area contributed by atoms with E-state index in [0.29, 0.717) is 41.5 Å². The Morgan fingerprint density at radius 2 is 1.79 bits per heavy atom. The van der Waals surface area contributed by atoms with Crippen LogP contribution in [0.4, 0.5) is 5.69 Å². The van der Waals surface area contributed by atoms with Crippen molar-refractivity contribution in [2.24, 2.45) is 5.92 Å². The molecule has 0 aromatic heterocycles.